The van der Waals surface area contributed by atoms with Gasteiger partial charge in [-0.1, -0.05) is 43.7 Å². The fourth-order valence-corrected chi connectivity index (χ4v) is 1.13. The molecule has 0 saturated heterocycles. The smallest absolute Gasteiger partial charge is 0.120 e. The Labute approximate surface area is 105 Å². The summed E-state index contributed by atoms with van der Waals surface area (Å²) >= 11 is 0. The van der Waals surface area contributed by atoms with Crippen molar-refractivity contribution in [2.45, 2.75) is 32.6 Å². The second-order valence-electron chi connectivity index (χ2n) is 3.33. The molecule has 4 N–H and O–H groups in total. The van der Waals surface area contributed by atoms with Gasteiger partial charge in [0.2, 0.25) is 0 Å². The van der Waals surface area contributed by atoms with E-state index in [2.05, 4.69) is 43.0 Å². The first-order valence-electron chi connectivity index (χ1n) is 6.10. The molecule has 0 aliphatic carbocycles. The monoisotopic (exact) mass is 238 g/mol. The molecule has 0 unspecified atom stereocenters. The molecule has 0 aliphatic rings. The summed E-state index contributed by atoms with van der Waals surface area (Å²) < 4.78 is 0. The molecule has 0 saturated carbocycles. The van der Waals surface area contributed by atoms with E-state index in [1.165, 1.54) is 25.5 Å². The second-order valence-corrected chi connectivity index (χ2v) is 3.33. The van der Waals surface area contributed by atoms with Crippen LogP contribution >= 0.6 is 0 Å². The molecule has 0 fully saturated rings. The van der Waals surface area contributed by atoms with E-state index in [-0.39, 0.29) is 0 Å². The lowest BCUT2D eigenvalue weighted by Gasteiger charge is -1.93. The number of aryl methyl sites for hydroxylation is 1. The first kappa shape index (κ1) is 18.2. The van der Waals surface area contributed by atoms with Gasteiger partial charge in [-0.3, -0.25) is 0 Å². The summed E-state index contributed by atoms with van der Waals surface area (Å²) in [5, 5.41) is 0. The SMILES string of the molecule is CCCc1ccccc1.CN.NCCCC=O. The minimum absolute atomic E-state index is 0.608. The standard InChI is InChI=1S/C9H12.C4H9NO.CH5N/c1-2-6-9-7-4-3-5-8-9;5-3-1-2-4-6;1-2/h3-5,7-8H,2,6H2,1H3;4H,1-3,5H2;2H2,1H3. The summed E-state index contributed by atoms with van der Waals surface area (Å²) in [5.74, 6) is 0. The molecule has 98 valence electrons. The van der Waals surface area contributed by atoms with Crippen LogP contribution in [-0.4, -0.2) is 19.9 Å². The molecule has 0 amide bonds. The van der Waals surface area contributed by atoms with Crippen LogP contribution in [0.15, 0.2) is 30.3 Å². The number of hydrogen-bond donors (Lipinski definition) is 2. The van der Waals surface area contributed by atoms with Crippen molar-refractivity contribution < 1.29 is 4.79 Å². The lowest BCUT2D eigenvalue weighted by atomic mass is 10.1. The number of carbonyl (C=O) groups is 1. The van der Waals surface area contributed by atoms with E-state index < -0.39 is 0 Å². The molecular formula is C14H26N2O. The van der Waals surface area contributed by atoms with Crippen molar-refractivity contribution >= 4 is 6.29 Å². The van der Waals surface area contributed by atoms with E-state index in [0.717, 1.165) is 12.7 Å². The highest BCUT2D eigenvalue weighted by atomic mass is 16.1. The third-order valence-electron chi connectivity index (χ3n) is 1.91. The molecule has 3 nitrogen and oxygen atoms in total. The van der Waals surface area contributed by atoms with Crippen LogP contribution in [0.1, 0.15) is 31.7 Å². The Hall–Kier alpha value is -1.19. The number of carbonyl (C=O) groups excluding carboxylic acids is 1. The van der Waals surface area contributed by atoms with Crippen LogP contribution in [-0.2, 0) is 11.2 Å². The van der Waals surface area contributed by atoms with Gasteiger partial charge in [-0.05, 0) is 32.0 Å². The third-order valence-corrected chi connectivity index (χ3v) is 1.91. The van der Waals surface area contributed by atoms with Crippen molar-refractivity contribution in [2.24, 2.45) is 11.5 Å². The Balaban J connectivity index is 0. The molecule has 0 bridgehead atoms. The minimum Gasteiger partial charge on any atom is -0.333 e. The van der Waals surface area contributed by atoms with Gasteiger partial charge in [0.05, 0.1) is 0 Å². The van der Waals surface area contributed by atoms with Gasteiger partial charge in [0.15, 0.2) is 0 Å². The Kier molecular flexibility index (Phi) is 18.4. The molecule has 1 rings (SSSR count). The van der Waals surface area contributed by atoms with Crippen LogP contribution in [0.25, 0.3) is 0 Å². The van der Waals surface area contributed by atoms with Gasteiger partial charge in [-0.25, -0.2) is 0 Å². The maximum atomic E-state index is 9.51. The number of unbranched alkanes of at least 4 members (excludes halogenated alkanes) is 1. The minimum atomic E-state index is 0.608. The summed E-state index contributed by atoms with van der Waals surface area (Å²) in [6.45, 7) is 2.83. The lowest BCUT2D eigenvalue weighted by Crippen LogP contribution is -1.97. The zero-order valence-electron chi connectivity index (χ0n) is 11.1. The van der Waals surface area contributed by atoms with E-state index >= 15 is 0 Å². The van der Waals surface area contributed by atoms with Gasteiger partial charge in [-0.15, -0.1) is 0 Å². The van der Waals surface area contributed by atoms with Gasteiger partial charge in [0.25, 0.3) is 0 Å². The molecule has 0 atom stereocenters. The fraction of sp³-hybridized carbons (Fsp3) is 0.500. The Morgan fingerprint density at radius 2 is 1.76 bits per heavy atom. The predicted molar refractivity (Wildman–Crippen MR) is 74.9 cm³/mol. The average molecular weight is 238 g/mol. The van der Waals surface area contributed by atoms with Crippen molar-refractivity contribution in [1.82, 2.24) is 0 Å². The molecule has 0 aliphatic heterocycles. The maximum Gasteiger partial charge on any atom is 0.120 e. The number of nitrogens with two attached hydrogens (primary N) is 2. The second kappa shape index (κ2) is 17.2. The molecule has 0 radical (unpaired) electrons. The maximum absolute atomic E-state index is 9.51. The Bertz CT molecular complexity index is 237. The number of benzene rings is 1. The van der Waals surface area contributed by atoms with Crippen molar-refractivity contribution in [3.63, 3.8) is 0 Å². The van der Waals surface area contributed by atoms with Crippen LogP contribution in [0.2, 0.25) is 0 Å². The normalized spacial score (nSPS) is 8.24. The largest absolute Gasteiger partial charge is 0.333 e. The topological polar surface area (TPSA) is 69.1 Å². The van der Waals surface area contributed by atoms with E-state index in [1.54, 1.807) is 0 Å². The molecule has 1 aromatic rings. The van der Waals surface area contributed by atoms with Gasteiger partial charge in [0, 0.05) is 6.42 Å². The van der Waals surface area contributed by atoms with Crippen molar-refractivity contribution in [1.29, 1.82) is 0 Å². The number of rotatable bonds is 5. The highest BCUT2D eigenvalue weighted by Gasteiger charge is 1.84. The van der Waals surface area contributed by atoms with E-state index in [9.17, 15) is 4.79 Å². The van der Waals surface area contributed by atoms with Crippen molar-refractivity contribution in [2.75, 3.05) is 13.6 Å². The van der Waals surface area contributed by atoms with Crippen molar-refractivity contribution in [3.8, 4) is 0 Å². The fourth-order valence-electron chi connectivity index (χ4n) is 1.13. The van der Waals surface area contributed by atoms with Gasteiger partial charge >= 0.3 is 0 Å². The molecular weight excluding hydrogens is 212 g/mol. The molecule has 1 aromatic carbocycles. The lowest BCUT2D eigenvalue weighted by molar-refractivity contribution is -0.107. The van der Waals surface area contributed by atoms with Crippen LogP contribution in [0.5, 0.6) is 0 Å². The zero-order chi connectivity index (χ0) is 13.4. The molecule has 0 heterocycles. The highest BCUT2D eigenvalue weighted by molar-refractivity contribution is 5.48. The average Bonchev–Trinajstić information content (AvgIpc) is 2.41. The van der Waals surface area contributed by atoms with Gasteiger partial charge < -0.3 is 16.3 Å². The molecule has 0 aromatic heterocycles. The first-order valence-corrected chi connectivity index (χ1v) is 6.10. The van der Waals surface area contributed by atoms with Gasteiger partial charge in [-0.2, -0.15) is 0 Å². The summed E-state index contributed by atoms with van der Waals surface area (Å²) in [7, 11) is 1.50. The molecule has 3 heteroatoms. The van der Waals surface area contributed by atoms with Crippen LogP contribution in [0.4, 0.5) is 0 Å². The summed E-state index contributed by atoms with van der Waals surface area (Å²) in [4.78, 5) is 9.51. The van der Waals surface area contributed by atoms with Crippen LogP contribution in [0.3, 0.4) is 0 Å². The number of aldehydes is 1. The van der Waals surface area contributed by atoms with Crippen LogP contribution in [0, 0.1) is 0 Å². The molecule has 17 heavy (non-hydrogen) atoms. The zero-order valence-corrected chi connectivity index (χ0v) is 11.1. The summed E-state index contributed by atoms with van der Waals surface area (Å²) in [6.07, 6.45) is 4.76. The third kappa shape index (κ3) is 14.8. The first-order chi connectivity index (χ1) is 8.35. The summed E-state index contributed by atoms with van der Waals surface area (Å²) in [5.41, 5.74) is 11.0. The van der Waals surface area contributed by atoms with Crippen molar-refractivity contribution in [3.05, 3.63) is 35.9 Å². The number of hydrogen-bond acceptors (Lipinski definition) is 3. The Morgan fingerprint density at radius 1 is 1.18 bits per heavy atom. The van der Waals surface area contributed by atoms with E-state index in [4.69, 9.17) is 5.73 Å². The van der Waals surface area contributed by atoms with Gasteiger partial charge in [0.1, 0.15) is 6.29 Å². The Morgan fingerprint density at radius 3 is 2.12 bits per heavy atom. The molecule has 0 spiro atoms. The summed E-state index contributed by atoms with van der Waals surface area (Å²) in [6, 6.07) is 10.6. The van der Waals surface area contributed by atoms with E-state index in [1.807, 2.05) is 0 Å². The highest BCUT2D eigenvalue weighted by Crippen LogP contribution is 2.00. The van der Waals surface area contributed by atoms with Crippen LogP contribution < -0.4 is 11.5 Å². The predicted octanol–water partition coefficient (Wildman–Crippen LogP) is 2.14. The van der Waals surface area contributed by atoms with E-state index in [0.29, 0.717) is 13.0 Å². The quantitative estimate of drug-likeness (QED) is 0.610.